The average molecular weight is 430 g/mol. The van der Waals surface area contributed by atoms with Gasteiger partial charge >= 0.3 is 0 Å². The lowest BCUT2D eigenvalue weighted by Gasteiger charge is -2.32. The molecular weight excluding hydrogens is 413 g/mol. The molecule has 5 nitrogen and oxygen atoms in total. The summed E-state index contributed by atoms with van der Waals surface area (Å²) in [5, 5.41) is 4.40. The molecule has 1 amide bonds. The van der Waals surface area contributed by atoms with Gasteiger partial charge in [-0.25, -0.2) is 9.07 Å². The summed E-state index contributed by atoms with van der Waals surface area (Å²) < 4.78 is 21.1. The molecule has 4 rings (SSSR count). The quantitative estimate of drug-likeness (QED) is 0.632. The molecule has 1 atom stereocenters. The van der Waals surface area contributed by atoms with E-state index in [0.717, 1.165) is 5.56 Å². The fraction of sp³-hybridized carbons (Fsp3) is 0.200. The van der Waals surface area contributed by atoms with Crippen LogP contribution < -0.4 is 0 Å². The van der Waals surface area contributed by atoms with Crippen LogP contribution in [0.5, 0.6) is 0 Å². The third-order valence-electron chi connectivity index (χ3n) is 4.49. The van der Waals surface area contributed by atoms with Gasteiger partial charge in [-0.05, 0) is 45.8 Å². The highest BCUT2D eigenvalue weighted by atomic mass is 79.9. The van der Waals surface area contributed by atoms with Gasteiger partial charge in [-0.1, -0.05) is 30.3 Å². The molecule has 1 fully saturated rings. The third-order valence-corrected chi connectivity index (χ3v) is 5.07. The van der Waals surface area contributed by atoms with E-state index in [4.69, 9.17) is 4.74 Å². The SMILES string of the molecule is O=C(c1nn(-c2ccc(F)cc2)cc1Br)N1CCOC(c2ccccc2)C1. The van der Waals surface area contributed by atoms with Crippen LogP contribution in [-0.4, -0.2) is 40.3 Å². The molecule has 3 aromatic rings. The van der Waals surface area contributed by atoms with Crippen molar-refractivity contribution in [3.63, 3.8) is 0 Å². The van der Waals surface area contributed by atoms with Crippen LogP contribution in [0.1, 0.15) is 22.2 Å². The van der Waals surface area contributed by atoms with E-state index >= 15 is 0 Å². The molecule has 27 heavy (non-hydrogen) atoms. The Morgan fingerprint density at radius 1 is 1.15 bits per heavy atom. The predicted molar refractivity (Wildman–Crippen MR) is 102 cm³/mol. The van der Waals surface area contributed by atoms with Crippen molar-refractivity contribution in [2.24, 2.45) is 0 Å². The minimum atomic E-state index is -0.318. The van der Waals surface area contributed by atoms with Crippen molar-refractivity contribution >= 4 is 21.8 Å². The van der Waals surface area contributed by atoms with E-state index < -0.39 is 0 Å². The van der Waals surface area contributed by atoms with Crippen LogP contribution in [0.4, 0.5) is 4.39 Å². The minimum absolute atomic E-state index is 0.151. The predicted octanol–water partition coefficient (Wildman–Crippen LogP) is 3.99. The molecular formula is C20H17BrFN3O2. The molecule has 2 heterocycles. The van der Waals surface area contributed by atoms with Gasteiger partial charge in [0, 0.05) is 12.7 Å². The summed E-state index contributed by atoms with van der Waals surface area (Å²) >= 11 is 3.42. The molecule has 1 aromatic heterocycles. The molecule has 1 aliphatic rings. The molecule has 0 saturated carbocycles. The molecule has 0 spiro atoms. The molecule has 7 heteroatoms. The topological polar surface area (TPSA) is 47.4 Å². The first kappa shape index (κ1) is 17.9. The maximum Gasteiger partial charge on any atom is 0.275 e. The van der Waals surface area contributed by atoms with Crippen molar-refractivity contribution < 1.29 is 13.9 Å². The number of nitrogens with zero attached hydrogens (tertiary/aromatic N) is 3. The van der Waals surface area contributed by atoms with Crippen molar-refractivity contribution in [2.45, 2.75) is 6.10 Å². The lowest BCUT2D eigenvalue weighted by Crippen LogP contribution is -2.42. The number of benzene rings is 2. The van der Waals surface area contributed by atoms with Gasteiger partial charge in [0.05, 0.1) is 23.3 Å². The lowest BCUT2D eigenvalue weighted by atomic mass is 10.1. The van der Waals surface area contributed by atoms with Gasteiger partial charge in [0.1, 0.15) is 11.9 Å². The van der Waals surface area contributed by atoms with Gasteiger partial charge < -0.3 is 9.64 Å². The minimum Gasteiger partial charge on any atom is -0.370 e. The number of rotatable bonds is 3. The number of morpholine rings is 1. The van der Waals surface area contributed by atoms with E-state index in [-0.39, 0.29) is 17.8 Å². The van der Waals surface area contributed by atoms with Crippen LogP contribution in [0.15, 0.2) is 65.3 Å². The van der Waals surface area contributed by atoms with Gasteiger partial charge in [0.2, 0.25) is 0 Å². The lowest BCUT2D eigenvalue weighted by molar-refractivity contribution is -0.0230. The second kappa shape index (κ2) is 7.62. The van der Waals surface area contributed by atoms with Crippen LogP contribution in [0.25, 0.3) is 5.69 Å². The van der Waals surface area contributed by atoms with Gasteiger partial charge in [-0.15, -0.1) is 0 Å². The first-order chi connectivity index (χ1) is 13.1. The zero-order valence-electron chi connectivity index (χ0n) is 14.4. The van der Waals surface area contributed by atoms with Crippen LogP contribution in [-0.2, 0) is 4.74 Å². The Balaban J connectivity index is 1.55. The highest BCUT2D eigenvalue weighted by molar-refractivity contribution is 9.10. The Hall–Kier alpha value is -2.51. The van der Waals surface area contributed by atoms with Gasteiger partial charge in [0.25, 0.3) is 5.91 Å². The number of ether oxygens (including phenoxy) is 1. The van der Waals surface area contributed by atoms with E-state index in [2.05, 4.69) is 21.0 Å². The second-order valence-electron chi connectivity index (χ2n) is 6.27. The van der Waals surface area contributed by atoms with Crippen molar-refractivity contribution in [1.82, 2.24) is 14.7 Å². The van der Waals surface area contributed by atoms with Gasteiger partial charge in [-0.2, -0.15) is 5.10 Å². The Kier molecular flexibility index (Phi) is 5.05. The second-order valence-corrected chi connectivity index (χ2v) is 7.12. The van der Waals surface area contributed by atoms with E-state index in [9.17, 15) is 9.18 Å². The molecule has 1 saturated heterocycles. The normalized spacial score (nSPS) is 17.1. The summed E-state index contributed by atoms with van der Waals surface area (Å²) in [6.07, 6.45) is 1.55. The van der Waals surface area contributed by atoms with Gasteiger partial charge in [0.15, 0.2) is 5.69 Å². The number of aromatic nitrogens is 2. The molecule has 0 aliphatic carbocycles. The zero-order chi connectivity index (χ0) is 18.8. The van der Waals surface area contributed by atoms with E-state index in [1.807, 2.05) is 30.3 Å². The first-order valence-electron chi connectivity index (χ1n) is 8.59. The van der Waals surface area contributed by atoms with E-state index in [0.29, 0.717) is 35.6 Å². The number of carbonyl (C=O) groups excluding carboxylic acids is 1. The molecule has 2 aromatic carbocycles. The Morgan fingerprint density at radius 2 is 1.89 bits per heavy atom. The van der Waals surface area contributed by atoms with Crippen LogP contribution >= 0.6 is 15.9 Å². The summed E-state index contributed by atoms with van der Waals surface area (Å²) in [6.45, 7) is 1.46. The smallest absolute Gasteiger partial charge is 0.275 e. The Labute approximate surface area is 164 Å². The number of hydrogen-bond donors (Lipinski definition) is 0. The summed E-state index contributed by atoms with van der Waals surface area (Å²) in [6, 6.07) is 15.8. The standard InChI is InChI=1S/C20H17BrFN3O2/c21-17-12-25(16-8-6-15(22)7-9-16)23-19(17)20(26)24-10-11-27-18(13-24)14-4-2-1-3-5-14/h1-9,12,18H,10-11,13H2. The van der Waals surface area contributed by atoms with E-state index in [1.54, 1.807) is 27.9 Å². The zero-order valence-corrected chi connectivity index (χ0v) is 16.0. The maximum atomic E-state index is 13.1. The highest BCUT2D eigenvalue weighted by Gasteiger charge is 2.28. The Morgan fingerprint density at radius 3 is 2.63 bits per heavy atom. The molecule has 0 N–H and O–H groups in total. The third kappa shape index (κ3) is 3.79. The van der Waals surface area contributed by atoms with Crippen LogP contribution in [0.3, 0.4) is 0 Å². The number of halogens is 2. The average Bonchev–Trinajstić information content (AvgIpc) is 3.10. The number of hydrogen-bond acceptors (Lipinski definition) is 3. The van der Waals surface area contributed by atoms with Gasteiger partial charge in [-0.3, -0.25) is 4.79 Å². The molecule has 0 bridgehead atoms. The van der Waals surface area contributed by atoms with E-state index in [1.165, 1.54) is 12.1 Å². The molecule has 0 radical (unpaired) electrons. The molecule has 1 unspecified atom stereocenters. The van der Waals surface area contributed by atoms with Crippen LogP contribution in [0.2, 0.25) is 0 Å². The monoisotopic (exact) mass is 429 g/mol. The molecule has 1 aliphatic heterocycles. The first-order valence-corrected chi connectivity index (χ1v) is 9.38. The van der Waals surface area contributed by atoms with Crippen molar-refractivity contribution in [3.05, 3.63) is 82.3 Å². The summed E-state index contributed by atoms with van der Waals surface area (Å²) in [5.74, 6) is -0.478. The summed E-state index contributed by atoms with van der Waals surface area (Å²) in [7, 11) is 0. The van der Waals surface area contributed by atoms with Crippen molar-refractivity contribution in [1.29, 1.82) is 0 Å². The summed E-state index contributed by atoms with van der Waals surface area (Å²) in [5.41, 5.74) is 2.05. The fourth-order valence-electron chi connectivity index (χ4n) is 3.08. The molecule has 138 valence electrons. The Bertz CT molecular complexity index is 944. The highest BCUT2D eigenvalue weighted by Crippen LogP contribution is 2.25. The fourth-order valence-corrected chi connectivity index (χ4v) is 3.52. The van der Waals surface area contributed by atoms with Crippen LogP contribution in [0, 0.1) is 5.82 Å². The van der Waals surface area contributed by atoms with Crippen molar-refractivity contribution in [2.75, 3.05) is 19.7 Å². The maximum absolute atomic E-state index is 13.1. The number of amides is 1. The largest absolute Gasteiger partial charge is 0.370 e. The number of carbonyl (C=O) groups is 1. The van der Waals surface area contributed by atoms with Crippen molar-refractivity contribution in [3.8, 4) is 5.69 Å². The summed E-state index contributed by atoms with van der Waals surface area (Å²) in [4.78, 5) is 14.8.